The minimum absolute atomic E-state index is 0.0244. The number of nitrogens with two attached hydrogens (primary N) is 1. The minimum Gasteiger partial charge on any atom is -0.370 e. The average Bonchev–Trinajstić information content (AvgIpc) is 3.27. The van der Waals surface area contributed by atoms with Gasteiger partial charge in [0.25, 0.3) is 5.91 Å². The van der Waals surface area contributed by atoms with Crippen LogP contribution in [0.5, 0.6) is 0 Å². The van der Waals surface area contributed by atoms with Gasteiger partial charge in [-0.1, -0.05) is 24.3 Å². The molecule has 0 unspecified atom stereocenters. The third-order valence-electron chi connectivity index (χ3n) is 7.34. The van der Waals surface area contributed by atoms with E-state index in [1.165, 1.54) is 17.7 Å². The zero-order valence-corrected chi connectivity index (χ0v) is 22.5. The third kappa shape index (κ3) is 6.17. The molecule has 1 fully saturated rings. The molecule has 0 radical (unpaired) electrons. The molecule has 1 saturated heterocycles. The number of aromatic nitrogens is 1. The number of amides is 2. The summed E-state index contributed by atoms with van der Waals surface area (Å²) in [7, 11) is 1.56. The average molecular weight is 551 g/mol. The number of halogens is 2. The molecular formula is C30H32F2N4O4. The third-order valence-corrected chi connectivity index (χ3v) is 7.34. The van der Waals surface area contributed by atoms with Crippen LogP contribution in [0.3, 0.4) is 0 Å². The highest BCUT2D eigenvalue weighted by Gasteiger charge is 2.29. The highest BCUT2D eigenvalue weighted by atomic mass is 19.1. The van der Waals surface area contributed by atoms with Crippen LogP contribution in [0.1, 0.15) is 56.8 Å². The second-order valence-corrected chi connectivity index (χ2v) is 10.2. The molecule has 40 heavy (non-hydrogen) atoms. The molecule has 2 heterocycles. The van der Waals surface area contributed by atoms with E-state index in [9.17, 15) is 23.6 Å². The Bertz CT molecular complexity index is 1440. The van der Waals surface area contributed by atoms with Crippen LogP contribution < -0.4 is 11.1 Å². The van der Waals surface area contributed by atoms with Crippen LogP contribution in [0.15, 0.2) is 42.6 Å². The van der Waals surface area contributed by atoms with Crippen LogP contribution in [0.2, 0.25) is 0 Å². The number of rotatable bonds is 10. The van der Waals surface area contributed by atoms with E-state index in [0.29, 0.717) is 12.1 Å². The summed E-state index contributed by atoms with van der Waals surface area (Å²) in [5.41, 5.74) is 6.22. The number of nitrogens with one attached hydrogen (secondary N) is 1. The zero-order valence-electron chi connectivity index (χ0n) is 22.5. The normalized spacial score (nSPS) is 14.2. The van der Waals surface area contributed by atoms with Crippen molar-refractivity contribution in [2.24, 2.45) is 18.7 Å². The molecule has 1 aliphatic rings. The second-order valence-electron chi connectivity index (χ2n) is 10.2. The molecule has 0 spiro atoms. The number of aryl methyl sites for hydroxylation is 1. The molecule has 2 aromatic carbocycles. The summed E-state index contributed by atoms with van der Waals surface area (Å²) in [6, 6.07) is 8.98. The number of hydrogen-bond acceptors (Lipinski definition) is 5. The maximum atomic E-state index is 15.2. The Morgan fingerprint density at radius 3 is 2.30 bits per heavy atom. The van der Waals surface area contributed by atoms with E-state index in [0.717, 1.165) is 49.9 Å². The van der Waals surface area contributed by atoms with Gasteiger partial charge in [-0.15, -0.1) is 0 Å². The van der Waals surface area contributed by atoms with Gasteiger partial charge in [0, 0.05) is 55.4 Å². The van der Waals surface area contributed by atoms with E-state index in [-0.39, 0.29) is 46.8 Å². The largest absolute Gasteiger partial charge is 0.370 e. The molecule has 0 aliphatic carbocycles. The van der Waals surface area contributed by atoms with E-state index in [4.69, 9.17) is 5.73 Å². The molecule has 0 bridgehead atoms. The number of carbonyl (C=O) groups excluding carboxylic acids is 4. The van der Waals surface area contributed by atoms with Crippen molar-refractivity contribution in [1.29, 1.82) is 0 Å². The second kappa shape index (κ2) is 12.3. The summed E-state index contributed by atoms with van der Waals surface area (Å²) in [6.07, 6.45) is 3.95. The minimum atomic E-state index is -0.779. The van der Waals surface area contributed by atoms with Crippen LogP contribution in [-0.2, 0) is 23.2 Å². The summed E-state index contributed by atoms with van der Waals surface area (Å²) in [5, 5.41) is 2.56. The van der Waals surface area contributed by atoms with E-state index >= 15 is 4.39 Å². The number of benzene rings is 2. The predicted octanol–water partition coefficient (Wildman–Crippen LogP) is 3.53. The summed E-state index contributed by atoms with van der Waals surface area (Å²) in [6.45, 7) is 3.65. The van der Waals surface area contributed by atoms with E-state index in [2.05, 4.69) is 10.2 Å². The van der Waals surface area contributed by atoms with Gasteiger partial charge in [0.15, 0.2) is 0 Å². The predicted molar refractivity (Wildman–Crippen MR) is 146 cm³/mol. The van der Waals surface area contributed by atoms with Crippen molar-refractivity contribution in [2.45, 2.75) is 32.7 Å². The molecule has 4 rings (SSSR count). The Labute approximate surface area is 231 Å². The number of carbonyl (C=O) groups is 4. The van der Waals surface area contributed by atoms with Gasteiger partial charge < -0.3 is 20.4 Å². The lowest BCUT2D eigenvalue weighted by molar-refractivity contribution is -0.118. The van der Waals surface area contributed by atoms with E-state index in [1.807, 2.05) is 12.1 Å². The lowest BCUT2D eigenvalue weighted by atomic mass is 9.92. The summed E-state index contributed by atoms with van der Waals surface area (Å²) < 4.78 is 31.2. The lowest BCUT2D eigenvalue weighted by Gasteiger charge is -2.29. The van der Waals surface area contributed by atoms with Crippen LogP contribution in [0.25, 0.3) is 11.1 Å². The van der Waals surface area contributed by atoms with Crippen molar-refractivity contribution in [3.63, 3.8) is 0 Å². The fourth-order valence-electron chi connectivity index (χ4n) is 5.08. The van der Waals surface area contributed by atoms with Gasteiger partial charge in [-0.05, 0) is 56.1 Å². The summed E-state index contributed by atoms with van der Waals surface area (Å²) in [4.78, 5) is 51.3. The van der Waals surface area contributed by atoms with Crippen LogP contribution >= 0.6 is 0 Å². The first-order valence-electron chi connectivity index (χ1n) is 13.1. The fourth-order valence-corrected chi connectivity index (χ4v) is 5.08. The molecule has 2 amide bonds. The summed E-state index contributed by atoms with van der Waals surface area (Å²) >= 11 is 0. The van der Waals surface area contributed by atoms with Gasteiger partial charge in [-0.25, -0.2) is 8.78 Å². The number of hydrogen-bond donors (Lipinski definition) is 2. The topological polar surface area (TPSA) is 114 Å². The fraction of sp³-hybridized carbons (Fsp3) is 0.333. The van der Waals surface area contributed by atoms with Crippen molar-refractivity contribution in [1.82, 2.24) is 14.8 Å². The smallest absolute Gasteiger partial charge is 0.253 e. The molecule has 1 aliphatic heterocycles. The Hall–Kier alpha value is -4.18. The van der Waals surface area contributed by atoms with Gasteiger partial charge in [0.05, 0.1) is 11.3 Å². The van der Waals surface area contributed by atoms with Crippen LogP contribution in [-0.4, -0.2) is 53.0 Å². The molecule has 3 aromatic rings. The van der Waals surface area contributed by atoms with Crippen LogP contribution in [0.4, 0.5) is 8.78 Å². The Morgan fingerprint density at radius 1 is 1.02 bits per heavy atom. The molecule has 0 atom stereocenters. The van der Waals surface area contributed by atoms with Gasteiger partial charge >= 0.3 is 0 Å². The van der Waals surface area contributed by atoms with E-state index < -0.39 is 29.2 Å². The van der Waals surface area contributed by atoms with Gasteiger partial charge in [0.1, 0.15) is 17.9 Å². The number of ketones is 1. The summed E-state index contributed by atoms with van der Waals surface area (Å²) in [5.74, 6) is -3.07. The quantitative estimate of drug-likeness (QED) is 0.296. The lowest BCUT2D eigenvalue weighted by Crippen LogP contribution is -2.33. The van der Waals surface area contributed by atoms with Crippen molar-refractivity contribution >= 4 is 23.9 Å². The standard InChI is InChI=1S/C30H32F2N4O4/c1-18-23(31)7-8-24(32)26(18)27-22(30(40)34-12-9-25(33)38)16-35(2)28(27)29(39)21-5-3-19(4-6-21)15-36-13-10-20(17-37)11-14-36/h3-8,16-17,20H,9-15H2,1-2H3,(H2,33,38)(H,34,40). The van der Waals surface area contributed by atoms with Crippen molar-refractivity contribution in [2.75, 3.05) is 19.6 Å². The first-order chi connectivity index (χ1) is 19.1. The maximum Gasteiger partial charge on any atom is 0.253 e. The van der Waals surface area contributed by atoms with Crippen molar-refractivity contribution in [3.05, 3.63) is 82.2 Å². The SMILES string of the molecule is Cc1c(F)ccc(F)c1-c1c(C(=O)NCCC(N)=O)cn(C)c1C(=O)c1ccc(CN2CCC(C=O)CC2)cc1. The Morgan fingerprint density at radius 2 is 1.68 bits per heavy atom. The molecule has 3 N–H and O–H groups in total. The van der Waals surface area contributed by atoms with Crippen molar-refractivity contribution < 1.29 is 28.0 Å². The van der Waals surface area contributed by atoms with E-state index in [1.54, 1.807) is 19.2 Å². The van der Waals surface area contributed by atoms with Gasteiger partial charge in [-0.3, -0.25) is 19.3 Å². The maximum absolute atomic E-state index is 15.2. The zero-order chi connectivity index (χ0) is 29.0. The first kappa shape index (κ1) is 28.8. The molecule has 0 saturated carbocycles. The monoisotopic (exact) mass is 550 g/mol. The number of piperidine rings is 1. The molecular weight excluding hydrogens is 518 g/mol. The number of likely N-dealkylation sites (tertiary alicyclic amines) is 1. The van der Waals surface area contributed by atoms with Gasteiger partial charge in [-0.2, -0.15) is 0 Å². The molecule has 10 heteroatoms. The highest BCUT2D eigenvalue weighted by Crippen LogP contribution is 2.36. The number of primary amides is 1. The van der Waals surface area contributed by atoms with Crippen molar-refractivity contribution in [3.8, 4) is 11.1 Å². The van der Waals surface area contributed by atoms with Gasteiger partial charge in [0.2, 0.25) is 11.7 Å². The molecule has 8 nitrogen and oxygen atoms in total. The molecule has 1 aromatic heterocycles. The molecule has 210 valence electrons. The Kier molecular flexibility index (Phi) is 8.89. The number of nitrogens with zero attached hydrogens (tertiary/aromatic N) is 2. The first-order valence-corrected chi connectivity index (χ1v) is 13.1. The number of aldehydes is 1. The Balaban J connectivity index is 1.68. The van der Waals surface area contributed by atoms with Crippen LogP contribution in [0, 0.1) is 24.5 Å². The highest BCUT2D eigenvalue weighted by molar-refractivity contribution is 6.16.